The largest absolute Gasteiger partial charge is 0.457 e. The van der Waals surface area contributed by atoms with Gasteiger partial charge in [0.15, 0.2) is 12.4 Å². The van der Waals surface area contributed by atoms with Gasteiger partial charge in [-0.15, -0.1) is 0 Å². The van der Waals surface area contributed by atoms with Crippen LogP contribution in [-0.2, 0) is 19.6 Å². The smallest absolute Gasteiger partial charge is 0.307 e. The molecule has 6 nitrogen and oxygen atoms in total. The molecular formula is C17H17NO5S. The van der Waals surface area contributed by atoms with Gasteiger partial charge >= 0.3 is 5.97 Å². The summed E-state index contributed by atoms with van der Waals surface area (Å²) in [5.74, 6) is -0.955. The second-order valence-corrected chi connectivity index (χ2v) is 6.68. The van der Waals surface area contributed by atoms with E-state index in [0.717, 1.165) is 0 Å². The molecule has 2 aromatic carbocycles. The maximum atomic E-state index is 11.9. The van der Waals surface area contributed by atoms with Gasteiger partial charge in [0.25, 0.3) is 0 Å². The minimum absolute atomic E-state index is 0.102. The quantitative estimate of drug-likeness (QED) is 0.581. The minimum Gasteiger partial charge on any atom is -0.457 e. The van der Waals surface area contributed by atoms with E-state index in [1.807, 2.05) is 0 Å². The standard InChI is InChI=1S/C17H17NO5S/c19-16(14-7-3-1-4-8-14)13-23-17(20)11-12-18-24(21,22)15-9-5-2-6-10-15/h1-10,18H,11-13H2. The number of sulfonamides is 1. The molecule has 0 saturated carbocycles. The number of rotatable bonds is 8. The van der Waals surface area contributed by atoms with Crippen LogP contribution in [0.2, 0.25) is 0 Å². The number of benzene rings is 2. The number of ether oxygens (including phenoxy) is 1. The number of Topliss-reactive ketones (excluding diaryl/α,β-unsaturated/α-hetero) is 1. The molecule has 7 heteroatoms. The fourth-order valence-electron chi connectivity index (χ4n) is 1.90. The number of hydrogen-bond donors (Lipinski definition) is 1. The number of carbonyl (C=O) groups excluding carboxylic acids is 2. The fourth-order valence-corrected chi connectivity index (χ4v) is 2.95. The molecular weight excluding hydrogens is 330 g/mol. The Morgan fingerprint density at radius 3 is 2.12 bits per heavy atom. The number of esters is 1. The Balaban J connectivity index is 1.75. The number of nitrogens with one attached hydrogen (secondary N) is 1. The Kier molecular flexibility index (Phi) is 6.22. The molecule has 0 aliphatic heterocycles. The first-order valence-corrected chi connectivity index (χ1v) is 8.76. The van der Waals surface area contributed by atoms with Gasteiger partial charge in [-0.05, 0) is 12.1 Å². The van der Waals surface area contributed by atoms with Crippen LogP contribution in [0.15, 0.2) is 65.6 Å². The molecule has 0 unspecified atom stereocenters. The molecule has 0 fully saturated rings. The molecule has 24 heavy (non-hydrogen) atoms. The van der Waals surface area contributed by atoms with E-state index in [1.165, 1.54) is 12.1 Å². The van der Waals surface area contributed by atoms with E-state index in [0.29, 0.717) is 5.56 Å². The lowest BCUT2D eigenvalue weighted by Crippen LogP contribution is -2.27. The van der Waals surface area contributed by atoms with E-state index in [9.17, 15) is 18.0 Å². The molecule has 0 amide bonds. The van der Waals surface area contributed by atoms with Crippen LogP contribution in [-0.4, -0.2) is 33.3 Å². The Bertz CT molecular complexity index is 788. The maximum Gasteiger partial charge on any atom is 0.307 e. The number of ketones is 1. The van der Waals surface area contributed by atoms with E-state index in [1.54, 1.807) is 48.5 Å². The zero-order chi connectivity index (χ0) is 17.4. The van der Waals surface area contributed by atoms with E-state index >= 15 is 0 Å². The third-order valence-corrected chi connectivity index (χ3v) is 4.61. The summed E-state index contributed by atoms with van der Waals surface area (Å²) >= 11 is 0. The average Bonchev–Trinajstić information content (AvgIpc) is 2.61. The zero-order valence-electron chi connectivity index (χ0n) is 12.8. The van der Waals surface area contributed by atoms with Gasteiger partial charge in [0.2, 0.25) is 10.0 Å². The van der Waals surface area contributed by atoms with Crippen molar-refractivity contribution < 1.29 is 22.7 Å². The lowest BCUT2D eigenvalue weighted by Gasteiger charge is -2.07. The zero-order valence-corrected chi connectivity index (χ0v) is 13.7. The molecule has 0 aromatic heterocycles. The van der Waals surface area contributed by atoms with Crippen molar-refractivity contribution in [3.05, 3.63) is 66.2 Å². The molecule has 2 aromatic rings. The highest BCUT2D eigenvalue weighted by Crippen LogP contribution is 2.07. The van der Waals surface area contributed by atoms with Gasteiger partial charge in [-0.3, -0.25) is 9.59 Å². The topological polar surface area (TPSA) is 89.5 Å². The van der Waals surface area contributed by atoms with E-state index in [2.05, 4.69) is 4.72 Å². The molecule has 0 radical (unpaired) electrons. The summed E-state index contributed by atoms with van der Waals surface area (Å²) in [5.41, 5.74) is 0.454. The van der Waals surface area contributed by atoms with Crippen molar-refractivity contribution >= 4 is 21.8 Å². The van der Waals surface area contributed by atoms with Crippen molar-refractivity contribution in [2.75, 3.05) is 13.2 Å². The summed E-state index contributed by atoms with van der Waals surface area (Å²) in [6.07, 6.45) is -0.159. The van der Waals surface area contributed by atoms with Gasteiger partial charge in [0.1, 0.15) is 0 Å². The second-order valence-electron chi connectivity index (χ2n) is 4.91. The van der Waals surface area contributed by atoms with Gasteiger partial charge in [0, 0.05) is 12.1 Å². The Morgan fingerprint density at radius 1 is 0.917 bits per heavy atom. The van der Waals surface area contributed by atoms with Crippen molar-refractivity contribution in [3.8, 4) is 0 Å². The predicted molar refractivity (Wildman–Crippen MR) is 88.0 cm³/mol. The SMILES string of the molecule is O=C(CCNS(=O)(=O)c1ccccc1)OCC(=O)c1ccccc1. The highest BCUT2D eigenvalue weighted by atomic mass is 32.2. The lowest BCUT2D eigenvalue weighted by molar-refractivity contribution is -0.142. The highest BCUT2D eigenvalue weighted by molar-refractivity contribution is 7.89. The fraction of sp³-hybridized carbons (Fsp3) is 0.176. The highest BCUT2D eigenvalue weighted by Gasteiger charge is 2.14. The van der Waals surface area contributed by atoms with Crippen LogP contribution in [0.1, 0.15) is 16.8 Å². The van der Waals surface area contributed by atoms with Crippen molar-refractivity contribution in [2.45, 2.75) is 11.3 Å². The molecule has 0 spiro atoms. The Labute approximate surface area is 140 Å². The van der Waals surface area contributed by atoms with Crippen LogP contribution in [0.5, 0.6) is 0 Å². The number of carbonyl (C=O) groups is 2. The first-order chi connectivity index (χ1) is 11.5. The second kappa shape index (κ2) is 8.37. The van der Waals surface area contributed by atoms with Crippen LogP contribution in [0.25, 0.3) is 0 Å². The summed E-state index contributed by atoms with van der Waals surface area (Å²) in [4.78, 5) is 23.5. The van der Waals surface area contributed by atoms with Gasteiger partial charge < -0.3 is 4.74 Å². The Morgan fingerprint density at radius 2 is 1.50 bits per heavy atom. The van der Waals surface area contributed by atoms with Crippen molar-refractivity contribution in [3.63, 3.8) is 0 Å². The molecule has 2 rings (SSSR count). The molecule has 0 aliphatic rings. The first-order valence-electron chi connectivity index (χ1n) is 7.27. The van der Waals surface area contributed by atoms with Crippen LogP contribution >= 0.6 is 0 Å². The number of hydrogen-bond acceptors (Lipinski definition) is 5. The summed E-state index contributed by atoms with van der Waals surface area (Å²) in [5, 5.41) is 0. The van der Waals surface area contributed by atoms with Gasteiger partial charge in [-0.1, -0.05) is 48.5 Å². The third kappa shape index (κ3) is 5.29. The molecule has 1 N–H and O–H groups in total. The van der Waals surface area contributed by atoms with Gasteiger partial charge in [0.05, 0.1) is 11.3 Å². The Hall–Kier alpha value is -2.51. The monoisotopic (exact) mass is 347 g/mol. The summed E-state index contributed by atoms with van der Waals surface area (Å²) in [6.45, 7) is -0.468. The molecule has 126 valence electrons. The van der Waals surface area contributed by atoms with Gasteiger partial charge in [-0.25, -0.2) is 13.1 Å². The lowest BCUT2D eigenvalue weighted by atomic mass is 10.1. The predicted octanol–water partition coefficient (Wildman–Crippen LogP) is 1.78. The molecule has 0 aliphatic carbocycles. The molecule has 0 heterocycles. The minimum atomic E-state index is -3.65. The average molecular weight is 347 g/mol. The van der Waals surface area contributed by atoms with E-state index in [4.69, 9.17) is 4.74 Å². The van der Waals surface area contributed by atoms with E-state index in [-0.39, 0.29) is 30.3 Å². The van der Waals surface area contributed by atoms with Gasteiger partial charge in [-0.2, -0.15) is 0 Å². The van der Waals surface area contributed by atoms with Crippen molar-refractivity contribution in [2.24, 2.45) is 0 Å². The summed E-state index contributed by atoms with van der Waals surface area (Å²) in [6, 6.07) is 16.3. The van der Waals surface area contributed by atoms with Crippen LogP contribution in [0.4, 0.5) is 0 Å². The summed E-state index contributed by atoms with van der Waals surface area (Å²) in [7, 11) is -3.65. The first kappa shape index (κ1) is 17.8. The van der Waals surface area contributed by atoms with Crippen LogP contribution < -0.4 is 4.72 Å². The normalized spacial score (nSPS) is 11.0. The van der Waals surface area contributed by atoms with E-state index < -0.39 is 16.0 Å². The molecule has 0 bridgehead atoms. The molecule has 0 atom stereocenters. The van der Waals surface area contributed by atoms with Crippen LogP contribution in [0.3, 0.4) is 0 Å². The van der Waals surface area contributed by atoms with Crippen molar-refractivity contribution in [1.29, 1.82) is 0 Å². The molecule has 0 saturated heterocycles. The summed E-state index contributed by atoms with van der Waals surface area (Å²) < 4.78 is 31.1. The van der Waals surface area contributed by atoms with Crippen LogP contribution in [0, 0.1) is 0 Å². The maximum absolute atomic E-state index is 11.9. The van der Waals surface area contributed by atoms with Crippen molar-refractivity contribution in [1.82, 2.24) is 4.72 Å². The third-order valence-electron chi connectivity index (χ3n) is 3.13.